The Kier molecular flexibility index (Phi) is 5.02. The van der Waals surface area contributed by atoms with Gasteiger partial charge in [0.15, 0.2) is 5.70 Å². The highest BCUT2D eigenvalue weighted by Crippen LogP contribution is 2.24. The summed E-state index contributed by atoms with van der Waals surface area (Å²) in [5.41, 5.74) is 3.03. The van der Waals surface area contributed by atoms with E-state index in [1.807, 2.05) is 91.9 Å². The maximum Gasteiger partial charge on any atom is 0.363 e. The summed E-state index contributed by atoms with van der Waals surface area (Å²) in [6.45, 7) is 2.01. The highest BCUT2D eigenvalue weighted by atomic mass is 16.6. The number of rotatable bonds is 5. The molecule has 0 amide bonds. The van der Waals surface area contributed by atoms with Gasteiger partial charge in [-0.3, -0.25) is 0 Å². The van der Waals surface area contributed by atoms with Gasteiger partial charge in [-0.1, -0.05) is 60.7 Å². The number of benzene rings is 3. The summed E-state index contributed by atoms with van der Waals surface area (Å²) in [6, 6.07) is 27.0. The molecule has 4 heteroatoms. The normalized spacial score (nSPS) is 15.8. The molecule has 1 aliphatic heterocycles. The fourth-order valence-corrected chi connectivity index (χ4v) is 2.91. The predicted octanol–water partition coefficient (Wildman–Crippen LogP) is 5.17. The van der Waals surface area contributed by atoms with E-state index in [1.165, 1.54) is 0 Å². The molecule has 28 heavy (non-hydrogen) atoms. The molecule has 0 N–H and O–H groups in total. The van der Waals surface area contributed by atoms with Crippen molar-refractivity contribution < 1.29 is 14.3 Å². The quantitative estimate of drug-likeness (QED) is 0.460. The smallest absolute Gasteiger partial charge is 0.363 e. The van der Waals surface area contributed by atoms with Crippen LogP contribution in [-0.2, 0) is 9.53 Å². The molecule has 0 aliphatic carbocycles. The lowest BCUT2D eigenvalue weighted by atomic mass is 10.1. The van der Waals surface area contributed by atoms with Crippen molar-refractivity contribution in [3.8, 4) is 5.75 Å². The Morgan fingerprint density at radius 2 is 1.54 bits per heavy atom. The average molecular weight is 369 g/mol. The van der Waals surface area contributed by atoms with Gasteiger partial charge in [-0.05, 0) is 48.4 Å². The second-order valence-corrected chi connectivity index (χ2v) is 6.44. The van der Waals surface area contributed by atoms with E-state index in [0.717, 1.165) is 22.4 Å². The molecule has 0 saturated heterocycles. The minimum absolute atomic E-state index is 0.0479. The molecule has 3 aromatic carbocycles. The van der Waals surface area contributed by atoms with Crippen molar-refractivity contribution in [2.45, 2.75) is 13.0 Å². The maximum absolute atomic E-state index is 12.1. The van der Waals surface area contributed by atoms with E-state index < -0.39 is 5.97 Å². The van der Waals surface area contributed by atoms with E-state index in [0.29, 0.717) is 5.90 Å². The molecule has 1 atom stereocenters. The minimum Gasteiger partial charge on any atom is -0.486 e. The number of carbonyl (C=O) groups excluding carboxylic acids is 1. The summed E-state index contributed by atoms with van der Waals surface area (Å²) in [4.78, 5) is 16.4. The molecule has 0 saturated carbocycles. The predicted molar refractivity (Wildman–Crippen MR) is 109 cm³/mol. The van der Waals surface area contributed by atoms with Crippen molar-refractivity contribution in [2.24, 2.45) is 4.99 Å². The third-order valence-electron chi connectivity index (χ3n) is 4.41. The topological polar surface area (TPSA) is 47.9 Å². The highest BCUT2D eigenvalue weighted by Gasteiger charge is 2.23. The first-order valence-corrected chi connectivity index (χ1v) is 9.09. The number of hydrogen-bond donors (Lipinski definition) is 0. The van der Waals surface area contributed by atoms with Crippen LogP contribution in [0.4, 0.5) is 0 Å². The molecule has 4 nitrogen and oxygen atoms in total. The van der Waals surface area contributed by atoms with Gasteiger partial charge in [0.2, 0.25) is 5.90 Å². The Bertz CT molecular complexity index is 1020. The largest absolute Gasteiger partial charge is 0.486 e. The summed E-state index contributed by atoms with van der Waals surface area (Å²) in [6.07, 6.45) is 1.66. The van der Waals surface area contributed by atoms with E-state index in [2.05, 4.69) is 4.99 Å². The van der Waals surface area contributed by atoms with Crippen LogP contribution in [0.1, 0.15) is 29.7 Å². The van der Waals surface area contributed by atoms with Gasteiger partial charge in [0.05, 0.1) is 0 Å². The number of nitrogens with zero attached hydrogens (tertiary/aromatic N) is 1. The lowest BCUT2D eigenvalue weighted by Gasteiger charge is -2.15. The van der Waals surface area contributed by atoms with Crippen LogP contribution in [0.2, 0.25) is 0 Å². The zero-order valence-electron chi connectivity index (χ0n) is 15.4. The fraction of sp³-hybridized carbons (Fsp3) is 0.0833. The maximum atomic E-state index is 12.1. The lowest BCUT2D eigenvalue weighted by Crippen LogP contribution is -2.04. The average Bonchev–Trinajstić information content (AvgIpc) is 3.11. The summed E-state index contributed by atoms with van der Waals surface area (Å²) < 4.78 is 11.3. The number of carbonyl (C=O) groups is 1. The van der Waals surface area contributed by atoms with E-state index in [1.54, 1.807) is 6.08 Å². The first-order valence-electron chi connectivity index (χ1n) is 9.09. The van der Waals surface area contributed by atoms with E-state index in [9.17, 15) is 4.79 Å². The second-order valence-electron chi connectivity index (χ2n) is 6.44. The van der Waals surface area contributed by atoms with Crippen molar-refractivity contribution in [1.29, 1.82) is 0 Å². The molecule has 0 fully saturated rings. The first kappa shape index (κ1) is 17.7. The number of ether oxygens (including phenoxy) is 2. The zero-order chi connectivity index (χ0) is 19.3. The van der Waals surface area contributed by atoms with Crippen molar-refractivity contribution >= 4 is 17.9 Å². The van der Waals surface area contributed by atoms with Crippen LogP contribution >= 0.6 is 0 Å². The Hall–Kier alpha value is -3.66. The Morgan fingerprint density at radius 1 is 0.893 bits per heavy atom. The van der Waals surface area contributed by atoms with Gasteiger partial charge in [0.1, 0.15) is 11.9 Å². The molecule has 3 aromatic rings. The summed E-state index contributed by atoms with van der Waals surface area (Å²) >= 11 is 0. The SMILES string of the molecule is CC(Oc1ccc(/C=C2\N=C(c3ccccc3)OC2=O)cc1)c1ccccc1. The minimum atomic E-state index is -0.447. The van der Waals surface area contributed by atoms with Crippen LogP contribution in [0, 0.1) is 0 Å². The third-order valence-corrected chi connectivity index (χ3v) is 4.41. The van der Waals surface area contributed by atoms with Crippen LogP contribution in [0.25, 0.3) is 6.08 Å². The standard InChI is InChI=1S/C24H19NO3/c1-17(19-8-4-2-5-9-19)27-21-14-12-18(13-15-21)16-22-24(26)28-23(25-22)20-10-6-3-7-11-20/h2-17H,1H3/b22-16-. The molecule has 0 spiro atoms. The molecule has 138 valence electrons. The van der Waals surface area contributed by atoms with Crippen molar-refractivity contribution in [3.63, 3.8) is 0 Å². The van der Waals surface area contributed by atoms with E-state index in [4.69, 9.17) is 9.47 Å². The molecule has 4 rings (SSSR count). The van der Waals surface area contributed by atoms with Gasteiger partial charge in [-0.25, -0.2) is 9.79 Å². The van der Waals surface area contributed by atoms with Crippen LogP contribution in [-0.4, -0.2) is 11.9 Å². The summed E-state index contributed by atoms with van der Waals surface area (Å²) in [5, 5.41) is 0. The van der Waals surface area contributed by atoms with Crippen LogP contribution in [0.15, 0.2) is 95.6 Å². The molecule has 0 aromatic heterocycles. The number of aliphatic imine (C=N–C) groups is 1. The van der Waals surface area contributed by atoms with Gasteiger partial charge in [-0.15, -0.1) is 0 Å². The highest BCUT2D eigenvalue weighted by molar-refractivity contribution is 6.12. The third kappa shape index (κ3) is 4.01. The van der Waals surface area contributed by atoms with Gasteiger partial charge in [0, 0.05) is 5.56 Å². The van der Waals surface area contributed by atoms with Gasteiger partial charge >= 0.3 is 5.97 Å². The van der Waals surface area contributed by atoms with Crippen molar-refractivity contribution in [2.75, 3.05) is 0 Å². The Labute approximate surface area is 163 Å². The second kappa shape index (κ2) is 7.92. The van der Waals surface area contributed by atoms with Gasteiger partial charge in [0.25, 0.3) is 0 Å². The number of esters is 1. The lowest BCUT2D eigenvalue weighted by molar-refractivity contribution is -0.129. The monoisotopic (exact) mass is 369 g/mol. The summed E-state index contributed by atoms with van der Waals surface area (Å²) in [7, 11) is 0. The number of hydrogen-bond acceptors (Lipinski definition) is 4. The molecule has 1 aliphatic rings. The Balaban J connectivity index is 1.48. The van der Waals surface area contributed by atoms with Gasteiger partial charge in [-0.2, -0.15) is 0 Å². The van der Waals surface area contributed by atoms with Crippen LogP contribution in [0.5, 0.6) is 5.75 Å². The van der Waals surface area contributed by atoms with Crippen molar-refractivity contribution in [3.05, 3.63) is 107 Å². The Morgan fingerprint density at radius 3 is 2.21 bits per heavy atom. The summed E-state index contributed by atoms with van der Waals surface area (Å²) in [5.74, 6) is 0.645. The van der Waals surface area contributed by atoms with E-state index in [-0.39, 0.29) is 11.8 Å². The number of cyclic esters (lactones) is 1. The molecule has 0 radical (unpaired) electrons. The molecule has 1 unspecified atom stereocenters. The van der Waals surface area contributed by atoms with Crippen LogP contribution < -0.4 is 4.74 Å². The molecule has 1 heterocycles. The zero-order valence-corrected chi connectivity index (χ0v) is 15.4. The van der Waals surface area contributed by atoms with Crippen LogP contribution in [0.3, 0.4) is 0 Å². The molecule has 0 bridgehead atoms. The van der Waals surface area contributed by atoms with E-state index >= 15 is 0 Å². The first-order chi connectivity index (χ1) is 13.7. The molecular weight excluding hydrogens is 350 g/mol. The van der Waals surface area contributed by atoms with Gasteiger partial charge < -0.3 is 9.47 Å². The van der Waals surface area contributed by atoms with Crippen molar-refractivity contribution in [1.82, 2.24) is 0 Å². The molecular formula is C24H19NO3. The fourth-order valence-electron chi connectivity index (χ4n) is 2.91.